The number of ether oxygens (including phenoxy) is 3. The van der Waals surface area contributed by atoms with Crippen molar-refractivity contribution in [3.63, 3.8) is 0 Å². The molecule has 0 aliphatic rings. The van der Waals surface area contributed by atoms with Gasteiger partial charge < -0.3 is 14.2 Å². The molecule has 0 radical (unpaired) electrons. The van der Waals surface area contributed by atoms with Gasteiger partial charge in [-0.15, -0.1) is 0 Å². The molecule has 83 heavy (non-hydrogen) atoms. The molecule has 0 aliphatic heterocycles. The van der Waals surface area contributed by atoms with Gasteiger partial charge in [-0.05, 0) is 116 Å². The highest BCUT2D eigenvalue weighted by Gasteiger charge is 2.19. The van der Waals surface area contributed by atoms with E-state index in [-0.39, 0.29) is 31.1 Å². The first-order chi connectivity index (χ1) is 41.0. The molecule has 1 unspecified atom stereocenters. The van der Waals surface area contributed by atoms with Crippen LogP contribution in [0.25, 0.3) is 0 Å². The Hall–Kier alpha value is -4.19. The Morgan fingerprint density at radius 3 is 0.759 bits per heavy atom. The standard InChI is InChI=1S/C77H130O6/c1-4-7-10-13-16-19-22-25-28-31-33-34-35-36-37-38-39-40-41-42-43-44-45-47-49-52-55-58-61-64-67-70-76(79)82-73-74(72-81-75(78)69-66-63-60-57-54-51-48-30-27-24-21-18-15-12-9-6-3)83-77(80)71-68-65-62-59-56-53-50-46-32-29-26-23-20-17-14-11-8-5-2/h7,10,16,19,25,28,30,33-34,36-37,39-40,42-43,45,47-48,52,55,74H,4-6,8-9,11-15,17-18,20-24,26-27,29,31-32,35,38,41,44,46,49-51,53-54,56-73H2,1-3H3/b10-7-,19-16-,28-25-,34-33-,37-36-,40-39-,43-42-,47-45-,48-30-,55-52-. The van der Waals surface area contributed by atoms with Crippen LogP contribution in [-0.2, 0) is 28.6 Å². The van der Waals surface area contributed by atoms with Crippen molar-refractivity contribution in [3.8, 4) is 0 Å². The summed E-state index contributed by atoms with van der Waals surface area (Å²) in [5, 5.41) is 0. The van der Waals surface area contributed by atoms with Crippen LogP contribution in [0.3, 0.4) is 0 Å². The first kappa shape index (κ1) is 78.8. The molecule has 0 spiro atoms. The van der Waals surface area contributed by atoms with Gasteiger partial charge in [-0.25, -0.2) is 0 Å². The Balaban J connectivity index is 4.41. The van der Waals surface area contributed by atoms with Gasteiger partial charge in [0, 0.05) is 19.3 Å². The van der Waals surface area contributed by atoms with Gasteiger partial charge in [0.15, 0.2) is 6.10 Å². The summed E-state index contributed by atoms with van der Waals surface area (Å²) in [6.07, 6.45) is 97.9. The van der Waals surface area contributed by atoms with Crippen LogP contribution in [-0.4, -0.2) is 37.2 Å². The molecule has 474 valence electrons. The third-order valence-electron chi connectivity index (χ3n) is 15.0. The van der Waals surface area contributed by atoms with Gasteiger partial charge >= 0.3 is 17.9 Å². The zero-order valence-electron chi connectivity index (χ0n) is 54.4. The number of esters is 3. The van der Waals surface area contributed by atoms with Gasteiger partial charge in [0.1, 0.15) is 13.2 Å². The number of hydrogen-bond acceptors (Lipinski definition) is 6. The molecular weight excluding hydrogens is 1020 g/mol. The van der Waals surface area contributed by atoms with Crippen LogP contribution in [0.4, 0.5) is 0 Å². The summed E-state index contributed by atoms with van der Waals surface area (Å²) in [5.41, 5.74) is 0. The Morgan fingerprint density at radius 2 is 0.470 bits per heavy atom. The van der Waals surface area contributed by atoms with Gasteiger partial charge in [0.05, 0.1) is 0 Å². The average molecular weight is 1150 g/mol. The predicted molar refractivity (Wildman–Crippen MR) is 362 cm³/mol. The molecule has 0 aromatic rings. The lowest BCUT2D eigenvalue weighted by Gasteiger charge is -2.18. The highest BCUT2D eigenvalue weighted by Crippen LogP contribution is 2.17. The molecule has 0 saturated heterocycles. The number of rotatable bonds is 63. The minimum absolute atomic E-state index is 0.0918. The van der Waals surface area contributed by atoms with Crippen LogP contribution in [0.2, 0.25) is 0 Å². The number of allylic oxidation sites excluding steroid dienone is 20. The fraction of sp³-hybridized carbons (Fsp3) is 0.701. The van der Waals surface area contributed by atoms with Crippen LogP contribution in [0.1, 0.15) is 329 Å². The fourth-order valence-corrected chi connectivity index (χ4v) is 9.73. The SMILES string of the molecule is CC/C=C\C/C=C\C/C=C\C/C=C\C/C=C\C/C=C\C/C=C\C/C=C\C/C=C\CCCCCC(=O)OCC(COC(=O)CCCCCCC/C=C\CCCCCCCCC)OC(=O)CCCCCCCCCCCCCCCCCCCC. The first-order valence-electron chi connectivity index (χ1n) is 35.0. The number of carbonyl (C=O) groups is 3. The van der Waals surface area contributed by atoms with E-state index in [1.807, 2.05) is 0 Å². The van der Waals surface area contributed by atoms with E-state index in [2.05, 4.69) is 142 Å². The average Bonchev–Trinajstić information content (AvgIpc) is 3.49. The molecule has 0 aromatic heterocycles. The summed E-state index contributed by atoms with van der Waals surface area (Å²) in [7, 11) is 0. The lowest BCUT2D eigenvalue weighted by molar-refractivity contribution is -0.167. The van der Waals surface area contributed by atoms with Gasteiger partial charge in [-0.2, -0.15) is 0 Å². The minimum atomic E-state index is -0.798. The van der Waals surface area contributed by atoms with Gasteiger partial charge in [-0.3, -0.25) is 14.4 Å². The topological polar surface area (TPSA) is 78.9 Å². The normalized spacial score (nSPS) is 12.9. The van der Waals surface area contributed by atoms with Crippen molar-refractivity contribution in [2.24, 2.45) is 0 Å². The van der Waals surface area contributed by atoms with Crippen molar-refractivity contribution >= 4 is 17.9 Å². The van der Waals surface area contributed by atoms with E-state index < -0.39 is 6.10 Å². The zero-order chi connectivity index (χ0) is 59.9. The molecule has 0 amide bonds. The Kier molecular flexibility index (Phi) is 66.7. The molecule has 0 heterocycles. The largest absolute Gasteiger partial charge is 0.462 e. The van der Waals surface area contributed by atoms with E-state index >= 15 is 0 Å². The van der Waals surface area contributed by atoms with Crippen LogP contribution in [0, 0.1) is 0 Å². The summed E-state index contributed by atoms with van der Waals surface area (Å²) in [4.78, 5) is 38.4. The highest BCUT2D eigenvalue weighted by atomic mass is 16.6. The number of unbranched alkanes of at least 4 members (excludes halogenated alkanes) is 32. The summed E-state index contributed by atoms with van der Waals surface area (Å²) >= 11 is 0. The maximum Gasteiger partial charge on any atom is 0.306 e. The van der Waals surface area contributed by atoms with Crippen molar-refractivity contribution in [1.82, 2.24) is 0 Å². The number of carbonyl (C=O) groups excluding carboxylic acids is 3. The molecule has 0 saturated carbocycles. The van der Waals surface area contributed by atoms with E-state index in [0.29, 0.717) is 19.3 Å². The maximum absolute atomic E-state index is 12.9. The van der Waals surface area contributed by atoms with Crippen LogP contribution < -0.4 is 0 Å². The van der Waals surface area contributed by atoms with Crippen molar-refractivity contribution in [3.05, 3.63) is 122 Å². The Morgan fingerprint density at radius 1 is 0.253 bits per heavy atom. The molecule has 6 heteroatoms. The quantitative estimate of drug-likeness (QED) is 0.0261. The zero-order valence-corrected chi connectivity index (χ0v) is 54.4. The first-order valence-corrected chi connectivity index (χ1v) is 35.0. The third-order valence-corrected chi connectivity index (χ3v) is 15.0. The molecular formula is C77H130O6. The minimum Gasteiger partial charge on any atom is -0.462 e. The predicted octanol–water partition coefficient (Wildman–Crippen LogP) is 24.3. The molecule has 0 bridgehead atoms. The molecule has 0 fully saturated rings. The second-order valence-electron chi connectivity index (χ2n) is 23.1. The van der Waals surface area contributed by atoms with E-state index in [9.17, 15) is 14.4 Å². The third kappa shape index (κ3) is 68.5. The highest BCUT2D eigenvalue weighted by molar-refractivity contribution is 5.71. The lowest BCUT2D eigenvalue weighted by atomic mass is 10.0. The van der Waals surface area contributed by atoms with Crippen LogP contribution in [0.5, 0.6) is 0 Å². The summed E-state index contributed by atoms with van der Waals surface area (Å²) in [6.45, 7) is 6.53. The van der Waals surface area contributed by atoms with Crippen LogP contribution >= 0.6 is 0 Å². The molecule has 0 aromatic carbocycles. The second kappa shape index (κ2) is 70.3. The summed E-state index contributed by atoms with van der Waals surface area (Å²) in [6, 6.07) is 0. The van der Waals surface area contributed by atoms with Crippen LogP contribution in [0.15, 0.2) is 122 Å². The molecule has 0 aliphatic carbocycles. The second-order valence-corrected chi connectivity index (χ2v) is 23.1. The maximum atomic E-state index is 12.9. The Labute approximate surface area is 513 Å². The smallest absolute Gasteiger partial charge is 0.306 e. The van der Waals surface area contributed by atoms with Gasteiger partial charge in [-0.1, -0.05) is 316 Å². The van der Waals surface area contributed by atoms with Crippen molar-refractivity contribution < 1.29 is 28.6 Å². The molecule has 6 nitrogen and oxygen atoms in total. The number of hydrogen-bond donors (Lipinski definition) is 0. The van der Waals surface area contributed by atoms with Gasteiger partial charge in [0.2, 0.25) is 0 Å². The van der Waals surface area contributed by atoms with E-state index in [1.54, 1.807) is 0 Å². The Bertz CT molecular complexity index is 1700. The lowest BCUT2D eigenvalue weighted by Crippen LogP contribution is -2.30. The van der Waals surface area contributed by atoms with E-state index in [0.717, 1.165) is 128 Å². The summed E-state index contributed by atoms with van der Waals surface area (Å²) in [5.74, 6) is -0.921. The van der Waals surface area contributed by atoms with Crippen molar-refractivity contribution in [2.75, 3.05) is 13.2 Å². The monoisotopic (exact) mass is 1150 g/mol. The van der Waals surface area contributed by atoms with Gasteiger partial charge in [0.25, 0.3) is 0 Å². The molecule has 0 N–H and O–H groups in total. The summed E-state index contributed by atoms with van der Waals surface area (Å²) < 4.78 is 16.9. The van der Waals surface area contributed by atoms with E-state index in [4.69, 9.17) is 14.2 Å². The molecule has 1 atom stereocenters. The molecule has 0 rings (SSSR count). The van der Waals surface area contributed by atoms with Crippen molar-refractivity contribution in [2.45, 2.75) is 335 Å². The fourth-order valence-electron chi connectivity index (χ4n) is 9.73. The van der Waals surface area contributed by atoms with Crippen molar-refractivity contribution in [1.29, 1.82) is 0 Å². The van der Waals surface area contributed by atoms with E-state index in [1.165, 1.54) is 161 Å².